The summed E-state index contributed by atoms with van der Waals surface area (Å²) in [7, 11) is 0. The molecule has 0 saturated heterocycles. The molecule has 0 spiro atoms. The van der Waals surface area contributed by atoms with Crippen molar-refractivity contribution >= 4 is 23.4 Å². The molecule has 0 bridgehead atoms. The Balaban J connectivity index is 2.58. The maximum atomic E-state index is 9.93. The van der Waals surface area contributed by atoms with Crippen LogP contribution in [-0.4, -0.2) is 15.6 Å². The Morgan fingerprint density at radius 2 is 2.07 bits per heavy atom. The molecule has 3 heteroatoms. The summed E-state index contributed by atoms with van der Waals surface area (Å²) in [5.41, 5.74) is 0.888. The molecular weight excluding hydrogens is 228 g/mol. The normalized spacial score (nSPS) is 13.9. The van der Waals surface area contributed by atoms with Gasteiger partial charge in [-0.25, -0.2) is 0 Å². The van der Waals surface area contributed by atoms with Gasteiger partial charge in [0, 0.05) is 15.5 Å². The van der Waals surface area contributed by atoms with Gasteiger partial charge in [-0.15, -0.1) is 0 Å². The van der Waals surface area contributed by atoms with Gasteiger partial charge in [0.25, 0.3) is 0 Å². The number of hydrogen-bond acceptors (Lipinski definition) is 2. The van der Waals surface area contributed by atoms with Crippen molar-refractivity contribution < 1.29 is 5.11 Å². The number of aliphatic hydroxyl groups is 1. The minimum Gasteiger partial charge on any atom is -0.388 e. The fraction of sp³-hybridized carbons (Fsp3) is 0.500. The lowest BCUT2D eigenvalue weighted by atomic mass is 10.1. The average molecular weight is 245 g/mol. The smallest absolute Gasteiger partial charge is 0.0881 e. The predicted molar refractivity (Wildman–Crippen MR) is 68.6 cm³/mol. The standard InChI is InChI=1S/C12H17ClOS/c1-12(2,3)15-8-11(14)9-5-4-6-10(13)7-9/h4-7,11,14H,8H2,1-3H3. The summed E-state index contributed by atoms with van der Waals surface area (Å²) in [5.74, 6) is 0.698. The molecule has 0 aromatic heterocycles. The van der Waals surface area contributed by atoms with Crippen LogP contribution < -0.4 is 0 Å². The van der Waals surface area contributed by atoms with E-state index in [1.165, 1.54) is 0 Å². The van der Waals surface area contributed by atoms with Gasteiger partial charge in [0.2, 0.25) is 0 Å². The molecule has 0 amide bonds. The number of hydrogen-bond donors (Lipinski definition) is 1. The van der Waals surface area contributed by atoms with E-state index < -0.39 is 6.10 Å². The highest BCUT2D eigenvalue weighted by atomic mass is 35.5. The van der Waals surface area contributed by atoms with E-state index in [2.05, 4.69) is 20.8 Å². The van der Waals surface area contributed by atoms with E-state index in [-0.39, 0.29) is 4.75 Å². The SMILES string of the molecule is CC(C)(C)SCC(O)c1cccc(Cl)c1. The van der Waals surface area contributed by atoms with Gasteiger partial charge in [0.15, 0.2) is 0 Å². The van der Waals surface area contributed by atoms with Crippen LogP contribution in [0.2, 0.25) is 5.02 Å². The maximum Gasteiger partial charge on any atom is 0.0881 e. The Labute approximate surface area is 101 Å². The van der Waals surface area contributed by atoms with E-state index in [4.69, 9.17) is 11.6 Å². The zero-order valence-corrected chi connectivity index (χ0v) is 10.9. The first-order valence-corrected chi connectivity index (χ1v) is 6.32. The molecule has 1 N–H and O–H groups in total. The highest BCUT2D eigenvalue weighted by molar-refractivity contribution is 8.00. The molecule has 0 aliphatic carbocycles. The number of rotatable bonds is 3. The maximum absolute atomic E-state index is 9.93. The molecule has 1 atom stereocenters. The Kier molecular flexibility index (Phi) is 4.50. The zero-order valence-electron chi connectivity index (χ0n) is 9.33. The topological polar surface area (TPSA) is 20.2 Å². The Bertz CT molecular complexity index is 320. The molecule has 0 saturated carbocycles. The van der Waals surface area contributed by atoms with E-state index in [1.807, 2.05) is 24.3 Å². The molecule has 84 valence electrons. The van der Waals surface area contributed by atoms with Gasteiger partial charge in [-0.1, -0.05) is 44.5 Å². The van der Waals surface area contributed by atoms with Crippen LogP contribution in [0.1, 0.15) is 32.4 Å². The van der Waals surface area contributed by atoms with Crippen LogP contribution in [0.15, 0.2) is 24.3 Å². The number of aliphatic hydroxyl groups excluding tert-OH is 1. The minimum atomic E-state index is -0.437. The fourth-order valence-electron chi connectivity index (χ4n) is 1.14. The zero-order chi connectivity index (χ0) is 11.5. The molecule has 0 aliphatic heterocycles. The van der Waals surface area contributed by atoms with Crippen LogP contribution in [0.5, 0.6) is 0 Å². The number of thioether (sulfide) groups is 1. The molecule has 1 nitrogen and oxygen atoms in total. The molecule has 0 aliphatic rings. The third kappa shape index (κ3) is 4.92. The van der Waals surface area contributed by atoms with E-state index in [0.29, 0.717) is 10.8 Å². The molecule has 15 heavy (non-hydrogen) atoms. The Hall–Kier alpha value is -0.180. The van der Waals surface area contributed by atoms with Crippen molar-refractivity contribution in [2.45, 2.75) is 31.6 Å². The summed E-state index contributed by atoms with van der Waals surface area (Å²) in [6, 6.07) is 7.40. The Morgan fingerprint density at radius 1 is 1.40 bits per heavy atom. The first-order valence-electron chi connectivity index (χ1n) is 4.96. The van der Waals surface area contributed by atoms with Crippen molar-refractivity contribution in [1.29, 1.82) is 0 Å². The highest BCUT2D eigenvalue weighted by Crippen LogP contribution is 2.28. The first-order chi connectivity index (χ1) is 6.88. The molecule has 1 rings (SSSR count). The van der Waals surface area contributed by atoms with Gasteiger partial charge in [-0.2, -0.15) is 11.8 Å². The van der Waals surface area contributed by atoms with Gasteiger partial charge in [-0.05, 0) is 17.7 Å². The lowest BCUT2D eigenvalue weighted by Crippen LogP contribution is -2.12. The second kappa shape index (κ2) is 5.24. The summed E-state index contributed by atoms with van der Waals surface area (Å²) in [4.78, 5) is 0. The third-order valence-electron chi connectivity index (χ3n) is 1.91. The van der Waals surface area contributed by atoms with Crippen molar-refractivity contribution in [2.24, 2.45) is 0 Å². The van der Waals surface area contributed by atoms with E-state index >= 15 is 0 Å². The molecule has 1 aromatic carbocycles. The summed E-state index contributed by atoms with van der Waals surface area (Å²) >= 11 is 7.61. The van der Waals surface area contributed by atoms with Gasteiger partial charge >= 0.3 is 0 Å². The second-order valence-electron chi connectivity index (χ2n) is 4.49. The third-order valence-corrected chi connectivity index (χ3v) is 3.49. The van der Waals surface area contributed by atoms with Crippen LogP contribution in [-0.2, 0) is 0 Å². The summed E-state index contributed by atoms with van der Waals surface area (Å²) in [6.45, 7) is 6.42. The molecule has 0 radical (unpaired) electrons. The number of benzene rings is 1. The summed E-state index contributed by atoms with van der Waals surface area (Å²) in [6.07, 6.45) is -0.437. The highest BCUT2D eigenvalue weighted by Gasteiger charge is 2.15. The van der Waals surface area contributed by atoms with Gasteiger partial charge in [-0.3, -0.25) is 0 Å². The molecule has 1 aromatic rings. The van der Waals surface area contributed by atoms with Crippen LogP contribution in [0, 0.1) is 0 Å². The lowest BCUT2D eigenvalue weighted by molar-refractivity contribution is 0.204. The van der Waals surface area contributed by atoms with Crippen LogP contribution in [0.25, 0.3) is 0 Å². The second-order valence-corrected chi connectivity index (χ2v) is 6.78. The van der Waals surface area contributed by atoms with Crippen molar-refractivity contribution in [1.82, 2.24) is 0 Å². The molecule has 0 heterocycles. The van der Waals surface area contributed by atoms with Gasteiger partial charge in [0.1, 0.15) is 0 Å². The Morgan fingerprint density at radius 3 is 2.60 bits per heavy atom. The van der Waals surface area contributed by atoms with E-state index in [1.54, 1.807) is 11.8 Å². The largest absolute Gasteiger partial charge is 0.388 e. The summed E-state index contributed by atoms with van der Waals surface area (Å²) < 4.78 is 0.180. The predicted octanol–water partition coefficient (Wildman–Crippen LogP) is 3.91. The van der Waals surface area contributed by atoms with Crippen LogP contribution in [0.3, 0.4) is 0 Å². The summed E-state index contributed by atoms with van der Waals surface area (Å²) in [5, 5.41) is 10.6. The quantitative estimate of drug-likeness (QED) is 0.870. The van der Waals surface area contributed by atoms with Crippen molar-refractivity contribution in [3.63, 3.8) is 0 Å². The fourth-order valence-corrected chi connectivity index (χ4v) is 2.19. The van der Waals surface area contributed by atoms with Crippen molar-refractivity contribution in [3.8, 4) is 0 Å². The van der Waals surface area contributed by atoms with E-state index in [0.717, 1.165) is 5.56 Å². The average Bonchev–Trinajstić information content (AvgIpc) is 2.13. The van der Waals surface area contributed by atoms with Gasteiger partial charge < -0.3 is 5.11 Å². The number of halogens is 1. The molecule has 0 fully saturated rings. The van der Waals surface area contributed by atoms with Crippen LogP contribution in [0.4, 0.5) is 0 Å². The van der Waals surface area contributed by atoms with Crippen molar-refractivity contribution in [2.75, 3.05) is 5.75 Å². The van der Waals surface area contributed by atoms with Gasteiger partial charge in [0.05, 0.1) is 6.10 Å². The van der Waals surface area contributed by atoms with E-state index in [9.17, 15) is 5.11 Å². The first kappa shape index (κ1) is 12.9. The monoisotopic (exact) mass is 244 g/mol. The molecular formula is C12H17ClOS. The van der Waals surface area contributed by atoms with Crippen LogP contribution >= 0.6 is 23.4 Å². The minimum absolute atomic E-state index is 0.180. The lowest BCUT2D eigenvalue weighted by Gasteiger charge is -2.20. The molecule has 1 unspecified atom stereocenters. The van der Waals surface area contributed by atoms with Crippen molar-refractivity contribution in [3.05, 3.63) is 34.9 Å².